The second-order valence-electron chi connectivity index (χ2n) is 4.79. The van der Waals surface area contributed by atoms with Gasteiger partial charge in [-0.3, -0.25) is 4.90 Å². The van der Waals surface area contributed by atoms with Crippen LogP contribution in [0.25, 0.3) is 0 Å². The van der Waals surface area contributed by atoms with Crippen molar-refractivity contribution in [2.24, 2.45) is 0 Å². The van der Waals surface area contributed by atoms with Gasteiger partial charge in [-0.25, -0.2) is 0 Å². The molecule has 4 heteroatoms. The van der Waals surface area contributed by atoms with E-state index in [2.05, 4.69) is 11.0 Å². The Morgan fingerprint density at radius 3 is 2.78 bits per heavy atom. The number of benzene rings is 1. The summed E-state index contributed by atoms with van der Waals surface area (Å²) in [6, 6.07) is 10.2. The molecule has 1 aliphatic rings. The van der Waals surface area contributed by atoms with Crippen LogP contribution >= 0.6 is 11.6 Å². The lowest BCUT2D eigenvalue weighted by Crippen LogP contribution is -2.52. The molecule has 0 bridgehead atoms. The molecule has 1 atom stereocenters. The molecular formula is C14H17ClN2O. The van der Waals surface area contributed by atoms with Gasteiger partial charge >= 0.3 is 0 Å². The van der Waals surface area contributed by atoms with Crippen molar-refractivity contribution in [3.05, 3.63) is 34.9 Å². The first-order valence-electron chi connectivity index (χ1n) is 6.12. The van der Waals surface area contributed by atoms with E-state index in [9.17, 15) is 5.26 Å². The first-order chi connectivity index (χ1) is 8.64. The number of nitriles is 1. The topological polar surface area (TPSA) is 36.3 Å². The predicted octanol–water partition coefficient (Wildman–Crippen LogP) is 2.50. The zero-order valence-electron chi connectivity index (χ0n) is 10.5. The molecule has 1 saturated heterocycles. The number of morpholine rings is 1. The lowest BCUT2D eigenvalue weighted by Gasteiger charge is -2.38. The van der Waals surface area contributed by atoms with Gasteiger partial charge in [0.25, 0.3) is 0 Å². The van der Waals surface area contributed by atoms with Crippen molar-refractivity contribution in [3.8, 4) is 6.07 Å². The molecule has 0 spiro atoms. The molecule has 1 aromatic rings. The van der Waals surface area contributed by atoms with E-state index in [-0.39, 0.29) is 0 Å². The van der Waals surface area contributed by atoms with Crippen LogP contribution in [0.4, 0.5) is 0 Å². The molecule has 0 amide bonds. The SMILES string of the molecule is CC(C#N)(Cc1cccc(Cl)c1)N1CCOCC1. The van der Waals surface area contributed by atoms with Crippen LogP contribution in [0.15, 0.2) is 24.3 Å². The van der Waals surface area contributed by atoms with Gasteiger partial charge in [-0.1, -0.05) is 23.7 Å². The van der Waals surface area contributed by atoms with Crippen LogP contribution < -0.4 is 0 Å². The number of hydrogen-bond donors (Lipinski definition) is 0. The van der Waals surface area contributed by atoms with Crippen LogP contribution in [0.1, 0.15) is 12.5 Å². The normalized spacial score (nSPS) is 20.1. The van der Waals surface area contributed by atoms with Crippen LogP contribution in [-0.4, -0.2) is 36.7 Å². The summed E-state index contributed by atoms with van der Waals surface area (Å²) in [6.45, 7) is 5.01. The van der Waals surface area contributed by atoms with Crippen molar-refractivity contribution < 1.29 is 4.74 Å². The van der Waals surface area contributed by atoms with Gasteiger partial charge in [0, 0.05) is 24.5 Å². The van der Waals surface area contributed by atoms with E-state index in [1.54, 1.807) is 0 Å². The summed E-state index contributed by atoms with van der Waals surface area (Å²) >= 11 is 5.99. The summed E-state index contributed by atoms with van der Waals surface area (Å²) < 4.78 is 5.34. The quantitative estimate of drug-likeness (QED) is 0.842. The molecule has 18 heavy (non-hydrogen) atoms. The van der Waals surface area contributed by atoms with E-state index in [0.29, 0.717) is 19.6 Å². The summed E-state index contributed by atoms with van der Waals surface area (Å²) in [5, 5.41) is 10.2. The molecule has 0 saturated carbocycles. The summed E-state index contributed by atoms with van der Waals surface area (Å²) in [5.41, 5.74) is 0.604. The van der Waals surface area contributed by atoms with Crippen molar-refractivity contribution in [1.82, 2.24) is 4.90 Å². The minimum absolute atomic E-state index is 0.492. The molecule has 1 aliphatic heterocycles. The van der Waals surface area contributed by atoms with E-state index in [1.807, 2.05) is 31.2 Å². The van der Waals surface area contributed by atoms with Gasteiger partial charge in [0.15, 0.2) is 0 Å². The van der Waals surface area contributed by atoms with Gasteiger partial charge in [-0.15, -0.1) is 0 Å². The third kappa shape index (κ3) is 3.02. The molecule has 2 rings (SSSR count). The van der Waals surface area contributed by atoms with E-state index in [4.69, 9.17) is 16.3 Å². The average molecular weight is 265 g/mol. The van der Waals surface area contributed by atoms with Gasteiger partial charge in [0.2, 0.25) is 0 Å². The highest BCUT2D eigenvalue weighted by molar-refractivity contribution is 6.30. The number of rotatable bonds is 3. The standard InChI is InChI=1S/C14H17ClN2O/c1-14(11-16,17-5-7-18-8-6-17)10-12-3-2-4-13(15)9-12/h2-4,9H,5-8,10H2,1H3. The monoisotopic (exact) mass is 264 g/mol. The number of ether oxygens (including phenoxy) is 1. The molecule has 0 N–H and O–H groups in total. The molecular weight excluding hydrogens is 248 g/mol. The van der Waals surface area contributed by atoms with Crippen molar-refractivity contribution in [1.29, 1.82) is 5.26 Å². The average Bonchev–Trinajstić information content (AvgIpc) is 2.39. The fourth-order valence-corrected chi connectivity index (χ4v) is 2.54. The highest BCUT2D eigenvalue weighted by atomic mass is 35.5. The molecule has 0 aromatic heterocycles. The van der Waals surface area contributed by atoms with Gasteiger partial charge in [-0.05, 0) is 24.6 Å². The molecule has 1 fully saturated rings. The van der Waals surface area contributed by atoms with Gasteiger partial charge < -0.3 is 4.74 Å². The van der Waals surface area contributed by atoms with Crippen molar-refractivity contribution >= 4 is 11.6 Å². The zero-order chi connectivity index (χ0) is 13.0. The molecule has 3 nitrogen and oxygen atoms in total. The molecule has 1 unspecified atom stereocenters. The molecule has 1 heterocycles. The van der Waals surface area contributed by atoms with Crippen LogP contribution in [-0.2, 0) is 11.2 Å². The third-order valence-electron chi connectivity index (χ3n) is 3.39. The Kier molecular flexibility index (Phi) is 4.23. The second-order valence-corrected chi connectivity index (χ2v) is 5.23. The van der Waals surface area contributed by atoms with Gasteiger partial charge in [0.1, 0.15) is 5.54 Å². The molecule has 0 aliphatic carbocycles. The minimum Gasteiger partial charge on any atom is -0.379 e. The maximum atomic E-state index is 9.50. The molecule has 96 valence electrons. The van der Waals surface area contributed by atoms with Gasteiger partial charge in [-0.2, -0.15) is 5.26 Å². The summed E-state index contributed by atoms with van der Waals surface area (Å²) in [7, 11) is 0. The number of halogens is 1. The highest BCUT2D eigenvalue weighted by Crippen LogP contribution is 2.23. The largest absolute Gasteiger partial charge is 0.379 e. The highest BCUT2D eigenvalue weighted by Gasteiger charge is 2.33. The Bertz CT molecular complexity index is 451. The second kappa shape index (κ2) is 5.71. The fraction of sp³-hybridized carbons (Fsp3) is 0.500. The summed E-state index contributed by atoms with van der Waals surface area (Å²) in [6.07, 6.45) is 0.685. The van der Waals surface area contributed by atoms with Crippen LogP contribution in [0.3, 0.4) is 0 Å². The number of hydrogen-bond acceptors (Lipinski definition) is 3. The van der Waals surface area contributed by atoms with E-state index < -0.39 is 5.54 Å². The number of nitrogens with zero attached hydrogens (tertiary/aromatic N) is 2. The lowest BCUT2D eigenvalue weighted by molar-refractivity contribution is 0.00189. The van der Waals surface area contributed by atoms with Crippen molar-refractivity contribution in [2.45, 2.75) is 18.9 Å². The van der Waals surface area contributed by atoms with E-state index in [0.717, 1.165) is 23.7 Å². The molecule has 0 radical (unpaired) electrons. The van der Waals surface area contributed by atoms with E-state index in [1.165, 1.54) is 0 Å². The fourth-order valence-electron chi connectivity index (χ4n) is 2.32. The Morgan fingerprint density at radius 2 is 2.17 bits per heavy atom. The maximum absolute atomic E-state index is 9.50. The first kappa shape index (κ1) is 13.4. The van der Waals surface area contributed by atoms with Gasteiger partial charge in [0.05, 0.1) is 19.3 Å². The van der Waals surface area contributed by atoms with Crippen molar-refractivity contribution in [3.63, 3.8) is 0 Å². The van der Waals surface area contributed by atoms with E-state index >= 15 is 0 Å². The van der Waals surface area contributed by atoms with Crippen LogP contribution in [0, 0.1) is 11.3 Å². The smallest absolute Gasteiger partial charge is 0.110 e. The third-order valence-corrected chi connectivity index (χ3v) is 3.62. The molecule has 1 aromatic carbocycles. The van der Waals surface area contributed by atoms with Crippen LogP contribution in [0.2, 0.25) is 5.02 Å². The first-order valence-corrected chi connectivity index (χ1v) is 6.50. The minimum atomic E-state index is -0.492. The van der Waals surface area contributed by atoms with Crippen LogP contribution in [0.5, 0.6) is 0 Å². The zero-order valence-corrected chi connectivity index (χ0v) is 11.3. The Morgan fingerprint density at radius 1 is 1.44 bits per heavy atom. The lowest BCUT2D eigenvalue weighted by atomic mass is 9.92. The summed E-state index contributed by atoms with van der Waals surface area (Å²) in [5.74, 6) is 0. The Hall–Kier alpha value is -1.08. The Labute approximate surface area is 113 Å². The Balaban J connectivity index is 2.15. The maximum Gasteiger partial charge on any atom is 0.110 e. The predicted molar refractivity (Wildman–Crippen MR) is 71.6 cm³/mol. The summed E-state index contributed by atoms with van der Waals surface area (Å²) in [4.78, 5) is 2.19. The van der Waals surface area contributed by atoms with Crippen molar-refractivity contribution in [2.75, 3.05) is 26.3 Å².